The van der Waals surface area contributed by atoms with E-state index in [0.29, 0.717) is 24.7 Å². The van der Waals surface area contributed by atoms with Crippen molar-refractivity contribution in [1.29, 1.82) is 0 Å². The average molecular weight is 311 g/mol. The Morgan fingerprint density at radius 3 is 2.91 bits per heavy atom. The third kappa shape index (κ3) is 2.60. The first kappa shape index (κ1) is 14.0. The summed E-state index contributed by atoms with van der Waals surface area (Å²) in [4.78, 5) is 21.1. The molecule has 1 aliphatic heterocycles. The molecule has 118 valence electrons. The number of nitrogens with zero attached hydrogens (tertiary/aromatic N) is 3. The number of aromatic nitrogens is 2. The van der Waals surface area contributed by atoms with Crippen LogP contribution in [-0.4, -0.2) is 34.3 Å². The van der Waals surface area contributed by atoms with Crippen molar-refractivity contribution < 1.29 is 14.6 Å². The Bertz CT molecular complexity index is 758. The number of carboxylic acid groups (broad SMARTS) is 1. The topological polar surface area (TPSA) is 75.5 Å². The van der Waals surface area contributed by atoms with Crippen molar-refractivity contribution in [1.82, 2.24) is 9.97 Å². The van der Waals surface area contributed by atoms with Gasteiger partial charge in [0, 0.05) is 17.7 Å². The monoisotopic (exact) mass is 311 g/mol. The van der Waals surface area contributed by atoms with Gasteiger partial charge in [0.15, 0.2) is 0 Å². The van der Waals surface area contributed by atoms with Crippen molar-refractivity contribution in [2.24, 2.45) is 5.92 Å². The fourth-order valence-electron chi connectivity index (χ4n) is 2.89. The first-order chi connectivity index (χ1) is 11.2. The lowest BCUT2D eigenvalue weighted by Gasteiger charge is -2.14. The summed E-state index contributed by atoms with van der Waals surface area (Å²) in [5, 5.41) is 9.27. The molecule has 6 nitrogen and oxygen atoms in total. The molecule has 1 amide bonds. The van der Waals surface area contributed by atoms with Gasteiger partial charge in [-0.05, 0) is 37.3 Å². The van der Waals surface area contributed by atoms with E-state index < -0.39 is 6.09 Å². The summed E-state index contributed by atoms with van der Waals surface area (Å²) in [6.45, 7) is 1.15. The van der Waals surface area contributed by atoms with E-state index in [4.69, 9.17) is 4.74 Å². The van der Waals surface area contributed by atoms with Gasteiger partial charge in [-0.2, -0.15) is 0 Å². The highest BCUT2D eigenvalue weighted by Crippen LogP contribution is 2.38. The zero-order valence-corrected chi connectivity index (χ0v) is 12.6. The Balaban J connectivity index is 1.73. The lowest BCUT2D eigenvalue weighted by molar-refractivity contribution is 0.202. The van der Waals surface area contributed by atoms with E-state index >= 15 is 0 Å². The molecule has 0 spiro atoms. The number of para-hydroxylation sites is 1. The molecule has 2 heterocycles. The summed E-state index contributed by atoms with van der Waals surface area (Å²) in [5.41, 5.74) is 2.54. The molecule has 1 N–H and O–H groups in total. The fourth-order valence-corrected chi connectivity index (χ4v) is 2.89. The molecule has 6 heteroatoms. The summed E-state index contributed by atoms with van der Waals surface area (Å²) in [7, 11) is 0. The second kappa shape index (κ2) is 5.53. The van der Waals surface area contributed by atoms with Crippen LogP contribution in [-0.2, 0) is 6.42 Å². The van der Waals surface area contributed by atoms with Crippen molar-refractivity contribution in [3.05, 3.63) is 36.2 Å². The van der Waals surface area contributed by atoms with Gasteiger partial charge in [0.1, 0.15) is 17.9 Å². The number of benzene rings is 1. The molecule has 0 radical (unpaired) electrons. The number of hydrogen-bond donors (Lipinski definition) is 1. The minimum absolute atomic E-state index is 0.418. The van der Waals surface area contributed by atoms with Gasteiger partial charge in [0.05, 0.1) is 12.3 Å². The molecule has 4 rings (SSSR count). The van der Waals surface area contributed by atoms with Crippen LogP contribution in [0.4, 0.5) is 10.6 Å². The molecule has 2 aromatic rings. The summed E-state index contributed by atoms with van der Waals surface area (Å²) < 4.78 is 5.96. The third-order valence-electron chi connectivity index (χ3n) is 4.31. The zero-order valence-electron chi connectivity index (χ0n) is 12.6. The largest absolute Gasteiger partial charge is 0.493 e. The number of ether oxygens (including phenoxy) is 1. The molecule has 1 aromatic carbocycles. The normalized spacial score (nSPS) is 16.3. The molecule has 1 fully saturated rings. The van der Waals surface area contributed by atoms with Gasteiger partial charge in [-0.1, -0.05) is 12.1 Å². The molecule has 0 saturated heterocycles. The first-order valence-electron chi connectivity index (χ1n) is 7.80. The standard InChI is InChI=1S/C17H17N3O3/c21-17(22)20-8-7-13-15(18-10-19-16(13)20)12-3-1-2-4-14(12)23-9-11-5-6-11/h1-4,10-11H,5-9H2,(H,21,22). The van der Waals surface area contributed by atoms with Crippen molar-refractivity contribution in [3.8, 4) is 17.0 Å². The van der Waals surface area contributed by atoms with Crippen LogP contribution in [0, 0.1) is 5.92 Å². The number of fused-ring (bicyclic) bond motifs is 1. The van der Waals surface area contributed by atoms with Gasteiger partial charge in [-0.3, -0.25) is 4.90 Å². The number of anilines is 1. The number of rotatable bonds is 4. The second-order valence-corrected chi connectivity index (χ2v) is 5.96. The Labute approximate surface area is 133 Å². The van der Waals surface area contributed by atoms with Gasteiger partial charge >= 0.3 is 6.09 Å². The second-order valence-electron chi connectivity index (χ2n) is 5.96. The number of carbonyl (C=O) groups is 1. The first-order valence-corrected chi connectivity index (χ1v) is 7.80. The summed E-state index contributed by atoms with van der Waals surface area (Å²) in [6, 6.07) is 7.79. The maximum Gasteiger partial charge on any atom is 0.413 e. The van der Waals surface area contributed by atoms with Crippen molar-refractivity contribution >= 4 is 11.9 Å². The zero-order chi connectivity index (χ0) is 15.8. The van der Waals surface area contributed by atoms with Gasteiger partial charge in [0.25, 0.3) is 0 Å². The van der Waals surface area contributed by atoms with Crippen LogP contribution in [0.15, 0.2) is 30.6 Å². The molecule has 23 heavy (non-hydrogen) atoms. The van der Waals surface area contributed by atoms with Crippen molar-refractivity contribution in [2.75, 3.05) is 18.1 Å². The van der Waals surface area contributed by atoms with E-state index in [1.54, 1.807) is 0 Å². The molecular weight excluding hydrogens is 294 g/mol. The Morgan fingerprint density at radius 2 is 2.13 bits per heavy atom. The van der Waals surface area contributed by atoms with Crippen LogP contribution in [0.25, 0.3) is 11.3 Å². The molecule has 1 aromatic heterocycles. The minimum atomic E-state index is -0.980. The molecule has 0 atom stereocenters. The Hall–Kier alpha value is -2.63. The van der Waals surface area contributed by atoms with Gasteiger partial charge < -0.3 is 9.84 Å². The highest BCUT2D eigenvalue weighted by molar-refractivity contribution is 5.89. The molecule has 1 aliphatic carbocycles. The lowest BCUT2D eigenvalue weighted by Crippen LogP contribution is -2.27. The minimum Gasteiger partial charge on any atom is -0.493 e. The van der Waals surface area contributed by atoms with E-state index in [9.17, 15) is 9.90 Å². The van der Waals surface area contributed by atoms with Crippen LogP contribution in [0.3, 0.4) is 0 Å². The van der Waals surface area contributed by atoms with Crippen LogP contribution >= 0.6 is 0 Å². The van der Waals surface area contributed by atoms with E-state index in [-0.39, 0.29) is 0 Å². The lowest BCUT2D eigenvalue weighted by atomic mass is 10.0. The SMILES string of the molecule is O=C(O)N1CCc2c(-c3ccccc3OCC3CC3)ncnc21. The third-order valence-corrected chi connectivity index (χ3v) is 4.31. The molecule has 0 unspecified atom stereocenters. The van der Waals surface area contributed by atoms with Crippen molar-refractivity contribution in [2.45, 2.75) is 19.3 Å². The molecule has 0 bridgehead atoms. The van der Waals surface area contributed by atoms with Gasteiger partial charge in [0.2, 0.25) is 0 Å². The summed E-state index contributed by atoms with van der Waals surface area (Å²) in [5.74, 6) is 1.95. The van der Waals surface area contributed by atoms with Crippen molar-refractivity contribution in [3.63, 3.8) is 0 Å². The highest BCUT2D eigenvalue weighted by Gasteiger charge is 2.29. The van der Waals surface area contributed by atoms with E-state index in [2.05, 4.69) is 9.97 Å². The quantitative estimate of drug-likeness (QED) is 0.939. The fraction of sp³-hybridized carbons (Fsp3) is 0.353. The van der Waals surface area contributed by atoms with E-state index in [1.165, 1.54) is 24.1 Å². The van der Waals surface area contributed by atoms with Gasteiger partial charge in [-0.25, -0.2) is 14.8 Å². The maximum atomic E-state index is 11.3. The summed E-state index contributed by atoms with van der Waals surface area (Å²) in [6.07, 6.45) is 3.53. The predicted octanol–water partition coefficient (Wildman–Crippen LogP) is 2.97. The van der Waals surface area contributed by atoms with Crippen LogP contribution in [0.5, 0.6) is 5.75 Å². The average Bonchev–Trinajstić information content (AvgIpc) is 3.29. The van der Waals surface area contributed by atoms with E-state index in [0.717, 1.165) is 29.2 Å². The van der Waals surface area contributed by atoms with Crippen LogP contribution in [0.1, 0.15) is 18.4 Å². The molecular formula is C17H17N3O3. The number of hydrogen-bond acceptors (Lipinski definition) is 4. The smallest absolute Gasteiger partial charge is 0.413 e. The molecule has 2 aliphatic rings. The maximum absolute atomic E-state index is 11.3. The van der Waals surface area contributed by atoms with Crippen LogP contribution < -0.4 is 9.64 Å². The van der Waals surface area contributed by atoms with Gasteiger partial charge in [-0.15, -0.1) is 0 Å². The number of amides is 1. The summed E-state index contributed by atoms with van der Waals surface area (Å²) >= 11 is 0. The predicted molar refractivity (Wildman–Crippen MR) is 84.8 cm³/mol. The highest BCUT2D eigenvalue weighted by atomic mass is 16.5. The van der Waals surface area contributed by atoms with E-state index in [1.807, 2.05) is 24.3 Å². The Kier molecular flexibility index (Phi) is 3.37. The van der Waals surface area contributed by atoms with Crippen LogP contribution in [0.2, 0.25) is 0 Å². The Morgan fingerprint density at radius 1 is 1.30 bits per heavy atom. The molecule has 1 saturated carbocycles.